The van der Waals surface area contributed by atoms with Crippen molar-refractivity contribution in [3.8, 4) is 28.3 Å². The fourth-order valence-electron chi connectivity index (χ4n) is 3.43. The van der Waals surface area contributed by atoms with Gasteiger partial charge in [-0.3, -0.25) is 14.9 Å². The van der Waals surface area contributed by atoms with E-state index in [9.17, 15) is 14.9 Å². The van der Waals surface area contributed by atoms with Crippen LogP contribution in [-0.4, -0.2) is 29.1 Å². The third kappa shape index (κ3) is 6.87. The summed E-state index contributed by atoms with van der Waals surface area (Å²) in [5.74, 6) is 0.151. The molecule has 7 heteroatoms. The van der Waals surface area contributed by atoms with Crippen molar-refractivity contribution in [2.45, 2.75) is 33.1 Å². The molecule has 0 saturated heterocycles. The first-order valence-electron chi connectivity index (χ1n) is 11.1. The predicted octanol–water partition coefficient (Wildman–Crippen LogP) is 6.07. The predicted molar refractivity (Wildman–Crippen MR) is 127 cm³/mol. The molecule has 1 aromatic heterocycles. The van der Waals surface area contributed by atoms with Gasteiger partial charge in [-0.05, 0) is 43.4 Å². The van der Waals surface area contributed by atoms with Gasteiger partial charge in [0.15, 0.2) is 0 Å². The maximum absolute atomic E-state index is 11.7. The molecule has 0 aliphatic carbocycles. The maximum atomic E-state index is 11.7. The molecule has 33 heavy (non-hydrogen) atoms. The number of hydrogen-bond donors (Lipinski definition) is 0. The molecule has 1 atom stereocenters. The molecule has 7 nitrogen and oxygen atoms in total. The molecular weight excluding hydrogens is 420 g/mol. The van der Waals surface area contributed by atoms with Crippen LogP contribution >= 0.6 is 0 Å². The van der Waals surface area contributed by atoms with Gasteiger partial charge in [0, 0.05) is 23.8 Å². The molecule has 172 valence electrons. The van der Waals surface area contributed by atoms with E-state index in [0.29, 0.717) is 19.1 Å². The van der Waals surface area contributed by atoms with Gasteiger partial charge in [0.05, 0.1) is 29.7 Å². The number of unbranched alkanes of at least 4 members (excludes halogenated alkanes) is 1. The minimum Gasteiger partial charge on any atom is -0.478 e. The van der Waals surface area contributed by atoms with E-state index >= 15 is 0 Å². The fourth-order valence-corrected chi connectivity index (χ4v) is 3.43. The molecule has 0 radical (unpaired) electrons. The van der Waals surface area contributed by atoms with Gasteiger partial charge < -0.3 is 9.47 Å². The molecule has 0 saturated carbocycles. The van der Waals surface area contributed by atoms with E-state index in [0.717, 1.165) is 41.6 Å². The Morgan fingerprint density at radius 1 is 1.00 bits per heavy atom. The molecule has 2 aromatic carbocycles. The molecule has 3 aromatic rings. The number of aromatic nitrogens is 1. The molecule has 1 heterocycles. The molecule has 3 rings (SSSR count). The number of carbonyl (C=O) groups excluding carboxylic acids is 1. The van der Waals surface area contributed by atoms with Gasteiger partial charge in [-0.2, -0.15) is 0 Å². The van der Waals surface area contributed by atoms with E-state index in [1.54, 1.807) is 25.1 Å². The van der Waals surface area contributed by atoms with E-state index in [1.165, 1.54) is 6.07 Å². The Labute approximate surface area is 193 Å². The van der Waals surface area contributed by atoms with Crippen LogP contribution in [0.5, 0.6) is 5.88 Å². The number of esters is 1. The zero-order chi connectivity index (χ0) is 23.6. The molecule has 0 fully saturated rings. The summed E-state index contributed by atoms with van der Waals surface area (Å²) < 4.78 is 11.0. The molecule has 1 unspecified atom stereocenters. The standard InChI is InChI=1S/C26H28N2O5/c1-3-32-26(29)19(2)10-7-8-15-33-25-18-22(21-13-9-14-23(16-21)28(30)31)17-24(27-25)20-11-5-4-6-12-20/h4-6,9,11-14,16-19H,3,7-8,10,15H2,1-2H3. The number of benzene rings is 2. The Hall–Kier alpha value is -3.74. The van der Waals surface area contributed by atoms with E-state index in [2.05, 4.69) is 4.98 Å². The zero-order valence-electron chi connectivity index (χ0n) is 18.9. The quantitative estimate of drug-likeness (QED) is 0.153. The van der Waals surface area contributed by atoms with Gasteiger partial charge in [0.1, 0.15) is 0 Å². The molecule has 0 N–H and O–H groups in total. The summed E-state index contributed by atoms with van der Waals surface area (Å²) in [6, 6.07) is 19.9. The maximum Gasteiger partial charge on any atom is 0.308 e. The fraction of sp³-hybridized carbons (Fsp3) is 0.308. The minimum absolute atomic E-state index is 0.0313. The highest BCUT2D eigenvalue weighted by atomic mass is 16.6. The number of rotatable bonds is 11. The smallest absolute Gasteiger partial charge is 0.308 e. The van der Waals surface area contributed by atoms with Crippen molar-refractivity contribution in [2.24, 2.45) is 5.92 Å². The third-order valence-corrected chi connectivity index (χ3v) is 5.23. The number of nitro benzene ring substituents is 1. The molecule has 0 spiro atoms. The lowest BCUT2D eigenvalue weighted by Gasteiger charge is -2.12. The molecular formula is C26H28N2O5. The second kappa shape index (κ2) is 11.8. The van der Waals surface area contributed by atoms with Crippen LogP contribution in [0.1, 0.15) is 33.1 Å². The van der Waals surface area contributed by atoms with Crippen molar-refractivity contribution >= 4 is 11.7 Å². The second-order valence-corrected chi connectivity index (χ2v) is 7.75. The lowest BCUT2D eigenvalue weighted by atomic mass is 10.0. The second-order valence-electron chi connectivity index (χ2n) is 7.75. The minimum atomic E-state index is -0.405. The Balaban J connectivity index is 1.74. The third-order valence-electron chi connectivity index (χ3n) is 5.23. The van der Waals surface area contributed by atoms with Crippen molar-refractivity contribution in [2.75, 3.05) is 13.2 Å². The topological polar surface area (TPSA) is 91.6 Å². The first-order valence-corrected chi connectivity index (χ1v) is 11.1. The summed E-state index contributed by atoms with van der Waals surface area (Å²) in [6.45, 7) is 4.52. The average Bonchev–Trinajstić information content (AvgIpc) is 2.84. The zero-order valence-corrected chi connectivity index (χ0v) is 18.9. The van der Waals surface area contributed by atoms with Gasteiger partial charge in [0.25, 0.3) is 5.69 Å². The van der Waals surface area contributed by atoms with Crippen molar-refractivity contribution < 1.29 is 19.2 Å². The number of ether oxygens (including phenoxy) is 2. The molecule has 0 aliphatic heterocycles. The van der Waals surface area contributed by atoms with Gasteiger partial charge in [-0.25, -0.2) is 4.98 Å². The normalized spacial score (nSPS) is 11.6. The van der Waals surface area contributed by atoms with Crippen LogP contribution in [0.25, 0.3) is 22.4 Å². The van der Waals surface area contributed by atoms with Crippen LogP contribution in [0.3, 0.4) is 0 Å². The van der Waals surface area contributed by atoms with Gasteiger partial charge in [0.2, 0.25) is 5.88 Å². The summed E-state index contributed by atoms with van der Waals surface area (Å²) in [5, 5.41) is 11.2. The first kappa shape index (κ1) is 23.9. The monoisotopic (exact) mass is 448 g/mol. The summed E-state index contributed by atoms with van der Waals surface area (Å²) in [6.07, 6.45) is 2.34. The molecule has 0 bridgehead atoms. The molecule has 0 amide bonds. The SMILES string of the molecule is CCOC(=O)C(C)CCCCOc1cc(-c2cccc([N+](=O)[O-])c2)cc(-c2ccccc2)n1. The van der Waals surface area contributed by atoms with Crippen LogP contribution in [0, 0.1) is 16.0 Å². The van der Waals surface area contributed by atoms with E-state index < -0.39 is 4.92 Å². The van der Waals surface area contributed by atoms with Crippen molar-refractivity contribution in [1.29, 1.82) is 0 Å². The van der Waals surface area contributed by atoms with Gasteiger partial charge >= 0.3 is 5.97 Å². The highest BCUT2D eigenvalue weighted by Gasteiger charge is 2.14. The number of pyridine rings is 1. The summed E-state index contributed by atoms with van der Waals surface area (Å²) >= 11 is 0. The summed E-state index contributed by atoms with van der Waals surface area (Å²) in [5.41, 5.74) is 3.20. The van der Waals surface area contributed by atoms with E-state index in [1.807, 2.05) is 49.4 Å². The summed E-state index contributed by atoms with van der Waals surface area (Å²) in [4.78, 5) is 27.2. The highest BCUT2D eigenvalue weighted by Crippen LogP contribution is 2.30. The first-order chi connectivity index (χ1) is 16.0. The lowest BCUT2D eigenvalue weighted by Crippen LogP contribution is -2.14. The van der Waals surface area contributed by atoms with Crippen LogP contribution in [0.15, 0.2) is 66.7 Å². The molecule has 0 aliphatic rings. The van der Waals surface area contributed by atoms with E-state index in [-0.39, 0.29) is 17.6 Å². The highest BCUT2D eigenvalue weighted by molar-refractivity contribution is 5.73. The van der Waals surface area contributed by atoms with Crippen molar-refractivity contribution in [3.63, 3.8) is 0 Å². The number of carbonyl (C=O) groups is 1. The van der Waals surface area contributed by atoms with Crippen LogP contribution in [0.2, 0.25) is 0 Å². The van der Waals surface area contributed by atoms with Gasteiger partial charge in [-0.15, -0.1) is 0 Å². The Morgan fingerprint density at radius 3 is 2.48 bits per heavy atom. The average molecular weight is 449 g/mol. The Bertz CT molecular complexity index is 1090. The summed E-state index contributed by atoms with van der Waals surface area (Å²) in [7, 11) is 0. The number of nitrogens with zero attached hydrogens (tertiary/aromatic N) is 2. The van der Waals surface area contributed by atoms with Gasteiger partial charge in [-0.1, -0.05) is 49.4 Å². The number of hydrogen-bond acceptors (Lipinski definition) is 6. The Kier molecular flexibility index (Phi) is 8.52. The van der Waals surface area contributed by atoms with Crippen LogP contribution in [0.4, 0.5) is 5.69 Å². The number of nitro groups is 1. The largest absolute Gasteiger partial charge is 0.478 e. The Morgan fingerprint density at radius 2 is 1.76 bits per heavy atom. The van der Waals surface area contributed by atoms with Crippen LogP contribution in [-0.2, 0) is 9.53 Å². The lowest BCUT2D eigenvalue weighted by molar-refractivity contribution is -0.384. The van der Waals surface area contributed by atoms with Crippen molar-refractivity contribution in [1.82, 2.24) is 4.98 Å². The van der Waals surface area contributed by atoms with E-state index in [4.69, 9.17) is 9.47 Å². The number of non-ortho nitro benzene ring substituents is 1. The van der Waals surface area contributed by atoms with Crippen LogP contribution < -0.4 is 4.74 Å². The van der Waals surface area contributed by atoms with Crippen molar-refractivity contribution in [3.05, 3.63) is 76.8 Å².